The molecule has 0 spiro atoms. The lowest BCUT2D eigenvalue weighted by molar-refractivity contribution is -0.136. The Morgan fingerprint density at radius 1 is 0.732 bits per heavy atom. The maximum absolute atomic E-state index is 13.2. The number of piperidine rings is 2. The fourth-order valence-electron chi connectivity index (χ4n) is 9.29. The van der Waals surface area contributed by atoms with Gasteiger partial charge in [0.15, 0.2) is 0 Å². The molecule has 10 nitrogen and oxygen atoms in total. The molecule has 3 saturated heterocycles. The van der Waals surface area contributed by atoms with E-state index >= 15 is 0 Å². The lowest BCUT2D eigenvalue weighted by Gasteiger charge is -2.40. The van der Waals surface area contributed by atoms with Gasteiger partial charge < -0.3 is 24.2 Å². The summed E-state index contributed by atoms with van der Waals surface area (Å²) in [4.78, 5) is 46.5. The topological polar surface area (TPSA) is 94.7 Å². The quantitative estimate of drug-likeness (QED) is 0.212. The van der Waals surface area contributed by atoms with Crippen LogP contribution in [-0.4, -0.2) is 93.1 Å². The molecule has 5 aliphatic rings. The summed E-state index contributed by atoms with van der Waals surface area (Å²) in [6.07, 6.45) is 3.83. The number of amides is 3. The number of nitrogens with one attached hydrogen (secondary N) is 1. The summed E-state index contributed by atoms with van der Waals surface area (Å²) in [7, 11) is 1.69. The molecule has 4 aromatic carbocycles. The molecule has 4 aromatic rings. The van der Waals surface area contributed by atoms with Crippen molar-refractivity contribution in [3.63, 3.8) is 0 Å². The minimum absolute atomic E-state index is 0.123. The molecule has 1 atom stereocenters. The van der Waals surface area contributed by atoms with Crippen molar-refractivity contribution in [3.8, 4) is 11.5 Å². The summed E-state index contributed by atoms with van der Waals surface area (Å²) in [5.41, 5.74) is 10.1. The van der Waals surface area contributed by atoms with Crippen molar-refractivity contribution in [2.45, 2.75) is 44.7 Å². The predicted molar refractivity (Wildman–Crippen MR) is 218 cm³/mol. The summed E-state index contributed by atoms with van der Waals surface area (Å²) in [6, 6.07) is 31.5. The maximum atomic E-state index is 13.2. The fraction of sp³-hybridized carbons (Fsp3) is 0.370. The number of nitrogens with zero attached hydrogens (tertiary/aromatic N) is 4. The zero-order valence-electron chi connectivity index (χ0n) is 32.0. The highest BCUT2D eigenvalue weighted by Gasteiger charge is 2.39. The van der Waals surface area contributed by atoms with E-state index < -0.39 is 6.04 Å². The number of rotatable bonds is 8. The summed E-state index contributed by atoms with van der Waals surface area (Å²) in [5.74, 6) is 1.57. The van der Waals surface area contributed by atoms with Crippen molar-refractivity contribution < 1.29 is 23.9 Å². The molecule has 5 aliphatic heterocycles. The molecule has 288 valence electrons. The number of methoxy groups -OCH3 is 1. The molecule has 9 rings (SSSR count). The Balaban J connectivity index is 0.801. The highest BCUT2D eigenvalue weighted by atomic mass is 16.5. The number of hydrogen-bond donors (Lipinski definition) is 1. The highest BCUT2D eigenvalue weighted by Crippen LogP contribution is 2.43. The largest absolute Gasteiger partial charge is 0.497 e. The number of imide groups is 1. The second-order valence-electron chi connectivity index (χ2n) is 15.7. The van der Waals surface area contributed by atoms with Gasteiger partial charge in [0.2, 0.25) is 11.8 Å². The summed E-state index contributed by atoms with van der Waals surface area (Å²) in [5, 5.41) is 2.39. The van der Waals surface area contributed by atoms with E-state index in [1.165, 1.54) is 40.8 Å². The number of benzene rings is 4. The number of carbonyl (C=O) groups is 3. The van der Waals surface area contributed by atoms with Crippen LogP contribution in [0.15, 0.2) is 91.0 Å². The SMILES string of the molecule is COc1ccc2c(c1)OCCC(c1ccccc1)=C2c1ccc(N2CCC(CN3CCN(c4ccc5c(c4)CN(C4CCC(=O)NC4=O)C5=O)CC3)CC2)cc1. The van der Waals surface area contributed by atoms with E-state index in [2.05, 4.69) is 86.7 Å². The van der Waals surface area contributed by atoms with Crippen LogP contribution in [0, 0.1) is 5.92 Å². The van der Waals surface area contributed by atoms with Crippen LogP contribution in [0.3, 0.4) is 0 Å². The number of hydrogen-bond acceptors (Lipinski definition) is 8. The minimum Gasteiger partial charge on any atom is -0.497 e. The molecule has 3 amide bonds. The van der Waals surface area contributed by atoms with Crippen molar-refractivity contribution in [3.05, 3.63) is 119 Å². The molecular formula is C46H49N5O5. The summed E-state index contributed by atoms with van der Waals surface area (Å²) in [6.45, 7) is 8.19. The second-order valence-corrected chi connectivity index (χ2v) is 15.7. The molecule has 1 unspecified atom stereocenters. The van der Waals surface area contributed by atoms with Crippen molar-refractivity contribution >= 4 is 40.2 Å². The van der Waals surface area contributed by atoms with Gasteiger partial charge in [-0.3, -0.25) is 24.6 Å². The van der Waals surface area contributed by atoms with Crippen molar-refractivity contribution in [1.82, 2.24) is 15.1 Å². The molecule has 0 bridgehead atoms. The maximum Gasteiger partial charge on any atom is 0.255 e. The molecule has 10 heteroatoms. The van der Waals surface area contributed by atoms with Gasteiger partial charge in [-0.15, -0.1) is 0 Å². The normalized spacial score (nSPS) is 20.7. The molecule has 1 N–H and O–H groups in total. The lowest BCUT2D eigenvalue weighted by Crippen LogP contribution is -2.52. The van der Waals surface area contributed by atoms with Gasteiger partial charge in [0, 0.05) is 93.8 Å². The van der Waals surface area contributed by atoms with Gasteiger partial charge in [-0.05, 0) is 95.5 Å². The number of anilines is 2. The average Bonchev–Trinajstić information content (AvgIpc) is 3.43. The Morgan fingerprint density at radius 3 is 2.21 bits per heavy atom. The Kier molecular flexibility index (Phi) is 9.98. The third-order valence-corrected chi connectivity index (χ3v) is 12.4. The van der Waals surface area contributed by atoms with Gasteiger partial charge in [0.05, 0.1) is 13.7 Å². The van der Waals surface area contributed by atoms with Crippen LogP contribution in [0.2, 0.25) is 0 Å². The summed E-state index contributed by atoms with van der Waals surface area (Å²) < 4.78 is 11.8. The standard InChI is InChI=1S/C46H49N5O5/c1-55-37-12-14-40-42(28-37)56-26-19-38(32-5-3-2-4-6-32)44(40)33-7-9-35(10-8-33)49-20-17-31(18-21-49)29-48-22-24-50(25-23-48)36-11-13-39-34(27-36)30-51(46(39)54)41-15-16-43(52)47-45(41)53/h2-14,27-28,31,41H,15-26,29-30H2,1H3,(H,47,52,53). The van der Waals surface area contributed by atoms with Gasteiger partial charge in [-0.25, -0.2) is 0 Å². The Labute approximate surface area is 328 Å². The molecule has 0 aliphatic carbocycles. The molecule has 0 radical (unpaired) electrons. The van der Waals surface area contributed by atoms with Crippen LogP contribution < -0.4 is 24.6 Å². The zero-order valence-corrected chi connectivity index (χ0v) is 32.0. The minimum atomic E-state index is -0.588. The number of fused-ring (bicyclic) bond motifs is 2. The van der Waals surface area contributed by atoms with Crippen LogP contribution in [0.1, 0.15) is 64.7 Å². The first-order valence-corrected chi connectivity index (χ1v) is 20.1. The van der Waals surface area contributed by atoms with Crippen LogP contribution in [0.4, 0.5) is 11.4 Å². The number of carbonyl (C=O) groups excluding carboxylic acids is 3. The van der Waals surface area contributed by atoms with E-state index in [-0.39, 0.29) is 24.1 Å². The van der Waals surface area contributed by atoms with Crippen molar-refractivity contribution in [2.75, 3.05) is 69.3 Å². The monoisotopic (exact) mass is 751 g/mol. The molecule has 3 fully saturated rings. The van der Waals surface area contributed by atoms with Crippen LogP contribution in [-0.2, 0) is 16.1 Å². The average molecular weight is 752 g/mol. The van der Waals surface area contributed by atoms with Crippen LogP contribution in [0.5, 0.6) is 11.5 Å². The lowest BCUT2D eigenvalue weighted by atomic mass is 9.88. The first-order valence-electron chi connectivity index (χ1n) is 20.1. The fourth-order valence-corrected chi connectivity index (χ4v) is 9.29. The first kappa shape index (κ1) is 36.1. The Bertz CT molecular complexity index is 2150. The predicted octanol–water partition coefficient (Wildman–Crippen LogP) is 6.24. The van der Waals surface area contributed by atoms with Gasteiger partial charge in [-0.1, -0.05) is 42.5 Å². The van der Waals surface area contributed by atoms with E-state index in [4.69, 9.17) is 9.47 Å². The third kappa shape index (κ3) is 7.14. The van der Waals surface area contributed by atoms with Crippen molar-refractivity contribution in [2.24, 2.45) is 5.92 Å². The zero-order chi connectivity index (χ0) is 38.2. The van der Waals surface area contributed by atoms with Crippen molar-refractivity contribution in [1.29, 1.82) is 0 Å². The second kappa shape index (κ2) is 15.5. The number of piperazine rings is 1. The molecular weight excluding hydrogens is 703 g/mol. The first-order chi connectivity index (χ1) is 27.4. The highest BCUT2D eigenvalue weighted by molar-refractivity contribution is 6.05. The van der Waals surface area contributed by atoms with E-state index in [0.717, 1.165) is 80.5 Å². The van der Waals surface area contributed by atoms with Crippen LogP contribution >= 0.6 is 0 Å². The third-order valence-electron chi connectivity index (χ3n) is 12.4. The van der Waals surface area contributed by atoms with E-state index in [0.29, 0.717) is 31.1 Å². The van der Waals surface area contributed by atoms with E-state index in [1.807, 2.05) is 24.3 Å². The summed E-state index contributed by atoms with van der Waals surface area (Å²) >= 11 is 0. The van der Waals surface area contributed by atoms with Gasteiger partial charge in [0.1, 0.15) is 17.5 Å². The number of ether oxygens (including phenoxy) is 2. The smallest absolute Gasteiger partial charge is 0.255 e. The molecule has 0 aromatic heterocycles. The van der Waals surface area contributed by atoms with Gasteiger partial charge in [-0.2, -0.15) is 0 Å². The van der Waals surface area contributed by atoms with E-state index in [9.17, 15) is 14.4 Å². The van der Waals surface area contributed by atoms with E-state index in [1.54, 1.807) is 12.0 Å². The molecule has 5 heterocycles. The molecule has 56 heavy (non-hydrogen) atoms. The van der Waals surface area contributed by atoms with Gasteiger partial charge >= 0.3 is 0 Å². The Morgan fingerprint density at radius 2 is 1.46 bits per heavy atom. The molecule has 0 saturated carbocycles. The van der Waals surface area contributed by atoms with Gasteiger partial charge in [0.25, 0.3) is 5.91 Å². The Hall–Kier alpha value is -5.61. The van der Waals surface area contributed by atoms with Crippen LogP contribution in [0.25, 0.3) is 11.1 Å².